The van der Waals surface area contributed by atoms with Crippen molar-refractivity contribution in [1.82, 2.24) is 4.90 Å². The number of hydrogen-bond acceptors (Lipinski definition) is 2. The van der Waals surface area contributed by atoms with Gasteiger partial charge in [0.15, 0.2) is 0 Å². The summed E-state index contributed by atoms with van der Waals surface area (Å²) in [4.78, 5) is 13.0. The molecular weight excluding hydrogens is 176 g/mol. The number of primary amides is 1. The molecule has 0 spiro atoms. The minimum Gasteiger partial charge on any atom is -0.366 e. The number of carbonyl (C=O) groups excluding carboxylic acids is 1. The lowest BCUT2D eigenvalue weighted by atomic mass is 10.1. The molecule has 0 saturated carbocycles. The summed E-state index contributed by atoms with van der Waals surface area (Å²) in [5, 5.41) is 0. The molecule has 0 radical (unpaired) electrons. The molecule has 0 atom stereocenters. The molecular formula is C11H22N2O. The Morgan fingerprint density at radius 2 is 1.86 bits per heavy atom. The zero-order chi connectivity index (χ0) is 11.0. The fourth-order valence-electron chi connectivity index (χ4n) is 1.34. The maximum Gasteiger partial charge on any atom is 0.244 e. The Bertz CT molecular complexity index is 186. The van der Waals surface area contributed by atoms with E-state index in [1.165, 1.54) is 0 Å². The first kappa shape index (κ1) is 13.2. The van der Waals surface area contributed by atoms with E-state index < -0.39 is 0 Å². The summed E-state index contributed by atoms with van der Waals surface area (Å²) in [5.74, 6) is -0.368. The second kappa shape index (κ2) is 7.56. The van der Waals surface area contributed by atoms with Crippen LogP contribution in [0.15, 0.2) is 12.2 Å². The topological polar surface area (TPSA) is 46.3 Å². The average molecular weight is 198 g/mol. The molecule has 0 fully saturated rings. The van der Waals surface area contributed by atoms with Crippen molar-refractivity contribution in [3.05, 3.63) is 12.2 Å². The van der Waals surface area contributed by atoms with Gasteiger partial charge in [0.2, 0.25) is 5.91 Å². The number of nitrogens with two attached hydrogens (primary N) is 1. The highest BCUT2D eigenvalue weighted by atomic mass is 16.1. The van der Waals surface area contributed by atoms with Gasteiger partial charge in [-0.05, 0) is 38.9 Å². The van der Waals surface area contributed by atoms with Gasteiger partial charge in [-0.2, -0.15) is 0 Å². The Morgan fingerprint density at radius 3 is 2.29 bits per heavy atom. The van der Waals surface area contributed by atoms with Crippen molar-refractivity contribution in [2.75, 3.05) is 19.6 Å². The monoisotopic (exact) mass is 198 g/mol. The molecule has 0 bridgehead atoms. The van der Waals surface area contributed by atoms with E-state index in [2.05, 4.69) is 25.3 Å². The predicted molar refractivity (Wildman–Crippen MR) is 60.0 cm³/mol. The van der Waals surface area contributed by atoms with E-state index in [-0.39, 0.29) is 5.91 Å². The number of hydrogen-bond donors (Lipinski definition) is 1. The van der Waals surface area contributed by atoms with Crippen LogP contribution < -0.4 is 5.73 Å². The number of nitrogens with zero attached hydrogens (tertiary/aromatic N) is 1. The van der Waals surface area contributed by atoms with Crippen LogP contribution in [-0.2, 0) is 4.79 Å². The molecule has 3 nitrogen and oxygen atoms in total. The van der Waals surface area contributed by atoms with Gasteiger partial charge < -0.3 is 10.6 Å². The van der Waals surface area contributed by atoms with Gasteiger partial charge in [0.1, 0.15) is 0 Å². The molecule has 82 valence electrons. The van der Waals surface area contributed by atoms with Gasteiger partial charge in [0.25, 0.3) is 0 Å². The number of rotatable bonds is 8. The molecule has 0 unspecified atom stereocenters. The zero-order valence-corrected chi connectivity index (χ0v) is 9.38. The third-order valence-electron chi connectivity index (χ3n) is 2.45. The summed E-state index contributed by atoms with van der Waals surface area (Å²) in [5.41, 5.74) is 5.63. The average Bonchev–Trinajstić information content (AvgIpc) is 2.17. The van der Waals surface area contributed by atoms with E-state index in [1.54, 1.807) is 0 Å². The molecule has 0 aromatic heterocycles. The number of unbranched alkanes of at least 4 members (excludes halogenated alkanes) is 1. The highest BCUT2D eigenvalue weighted by Gasteiger charge is 2.02. The van der Waals surface area contributed by atoms with E-state index >= 15 is 0 Å². The molecule has 1 amide bonds. The van der Waals surface area contributed by atoms with Crippen molar-refractivity contribution in [2.45, 2.75) is 33.1 Å². The van der Waals surface area contributed by atoms with Gasteiger partial charge in [-0.25, -0.2) is 0 Å². The molecule has 0 aliphatic carbocycles. The van der Waals surface area contributed by atoms with Gasteiger partial charge >= 0.3 is 0 Å². The molecule has 0 aromatic rings. The Kier molecular flexibility index (Phi) is 7.11. The lowest BCUT2D eigenvalue weighted by Gasteiger charge is -2.17. The van der Waals surface area contributed by atoms with Crippen LogP contribution in [0.2, 0.25) is 0 Å². The van der Waals surface area contributed by atoms with Gasteiger partial charge in [-0.1, -0.05) is 20.4 Å². The highest BCUT2D eigenvalue weighted by Crippen LogP contribution is 2.05. The van der Waals surface area contributed by atoms with Crippen LogP contribution in [0.3, 0.4) is 0 Å². The first-order valence-electron chi connectivity index (χ1n) is 5.31. The highest BCUT2D eigenvalue weighted by molar-refractivity contribution is 5.91. The van der Waals surface area contributed by atoms with Crippen LogP contribution >= 0.6 is 0 Å². The molecule has 0 rings (SSSR count). The van der Waals surface area contributed by atoms with Crippen molar-refractivity contribution in [3.8, 4) is 0 Å². The summed E-state index contributed by atoms with van der Waals surface area (Å²) < 4.78 is 0. The van der Waals surface area contributed by atoms with E-state index in [4.69, 9.17) is 5.73 Å². The molecule has 2 N–H and O–H groups in total. The summed E-state index contributed by atoms with van der Waals surface area (Å²) in [6.45, 7) is 11.2. The summed E-state index contributed by atoms with van der Waals surface area (Å²) in [6, 6.07) is 0. The quantitative estimate of drug-likeness (QED) is 0.475. The van der Waals surface area contributed by atoms with Crippen LogP contribution in [0.5, 0.6) is 0 Å². The van der Waals surface area contributed by atoms with E-state index in [9.17, 15) is 4.79 Å². The first-order chi connectivity index (χ1) is 6.61. The van der Waals surface area contributed by atoms with Crippen LogP contribution in [0.4, 0.5) is 0 Å². The van der Waals surface area contributed by atoms with Crippen molar-refractivity contribution < 1.29 is 4.79 Å². The van der Waals surface area contributed by atoms with Crippen molar-refractivity contribution in [2.24, 2.45) is 5.73 Å². The molecule has 0 aliphatic rings. The Morgan fingerprint density at radius 1 is 1.29 bits per heavy atom. The Balaban J connectivity index is 3.46. The van der Waals surface area contributed by atoms with Crippen molar-refractivity contribution >= 4 is 5.91 Å². The maximum absolute atomic E-state index is 10.7. The van der Waals surface area contributed by atoms with Crippen LogP contribution in [0, 0.1) is 0 Å². The molecule has 0 heterocycles. The lowest BCUT2D eigenvalue weighted by molar-refractivity contribution is -0.114. The smallest absolute Gasteiger partial charge is 0.244 e. The SMILES string of the molecule is C=C(CCCCN(CC)CC)C(N)=O. The standard InChI is InChI=1S/C11H22N2O/c1-4-13(5-2)9-7-6-8-10(3)11(12)14/h3-9H2,1-2H3,(H2,12,14). The van der Waals surface area contributed by atoms with Crippen LogP contribution in [0.1, 0.15) is 33.1 Å². The summed E-state index contributed by atoms with van der Waals surface area (Å²) >= 11 is 0. The molecule has 0 saturated heterocycles. The van der Waals surface area contributed by atoms with Crippen LogP contribution in [-0.4, -0.2) is 30.4 Å². The fourth-order valence-corrected chi connectivity index (χ4v) is 1.34. The minimum absolute atomic E-state index is 0.368. The predicted octanol–water partition coefficient (Wildman–Crippen LogP) is 1.54. The molecule has 0 aromatic carbocycles. The normalized spacial score (nSPS) is 10.5. The molecule has 3 heteroatoms. The van der Waals surface area contributed by atoms with Crippen molar-refractivity contribution in [3.63, 3.8) is 0 Å². The fraction of sp³-hybridized carbons (Fsp3) is 0.727. The third-order valence-corrected chi connectivity index (χ3v) is 2.45. The van der Waals surface area contributed by atoms with Gasteiger partial charge in [0, 0.05) is 5.57 Å². The van der Waals surface area contributed by atoms with Gasteiger partial charge in [-0.15, -0.1) is 0 Å². The van der Waals surface area contributed by atoms with E-state index in [0.717, 1.165) is 38.9 Å². The zero-order valence-electron chi connectivity index (χ0n) is 9.38. The Hall–Kier alpha value is -0.830. The molecule has 0 aliphatic heterocycles. The summed E-state index contributed by atoms with van der Waals surface area (Å²) in [6.07, 6.45) is 2.84. The second-order valence-corrected chi connectivity index (χ2v) is 3.45. The van der Waals surface area contributed by atoms with E-state index in [0.29, 0.717) is 5.57 Å². The Labute approximate surface area is 87.0 Å². The maximum atomic E-state index is 10.7. The van der Waals surface area contributed by atoms with Crippen LogP contribution in [0.25, 0.3) is 0 Å². The number of amides is 1. The summed E-state index contributed by atoms with van der Waals surface area (Å²) in [7, 11) is 0. The van der Waals surface area contributed by atoms with E-state index in [1.807, 2.05) is 0 Å². The molecule has 14 heavy (non-hydrogen) atoms. The number of carbonyl (C=O) groups is 1. The minimum atomic E-state index is -0.368. The second-order valence-electron chi connectivity index (χ2n) is 3.45. The van der Waals surface area contributed by atoms with Gasteiger partial charge in [0.05, 0.1) is 0 Å². The lowest BCUT2D eigenvalue weighted by Crippen LogP contribution is -2.24. The third kappa shape index (κ3) is 5.75. The van der Waals surface area contributed by atoms with Gasteiger partial charge in [-0.3, -0.25) is 4.79 Å². The largest absolute Gasteiger partial charge is 0.366 e. The first-order valence-corrected chi connectivity index (χ1v) is 5.31. The van der Waals surface area contributed by atoms with Crippen molar-refractivity contribution in [1.29, 1.82) is 0 Å².